The zero-order chi connectivity index (χ0) is 23.1. The summed E-state index contributed by atoms with van der Waals surface area (Å²) in [6.45, 7) is 3.06. The van der Waals surface area contributed by atoms with Gasteiger partial charge in [-0.25, -0.2) is 4.98 Å². The molecule has 34 heavy (non-hydrogen) atoms. The molecule has 0 aliphatic carbocycles. The fourth-order valence-corrected chi connectivity index (χ4v) is 4.48. The van der Waals surface area contributed by atoms with E-state index < -0.39 is 0 Å². The summed E-state index contributed by atoms with van der Waals surface area (Å²) in [7, 11) is 3.18. The van der Waals surface area contributed by atoms with Gasteiger partial charge >= 0.3 is 0 Å². The van der Waals surface area contributed by atoms with Crippen molar-refractivity contribution in [2.75, 3.05) is 45.4 Å². The maximum atomic E-state index is 6.13. The lowest BCUT2D eigenvalue weighted by Crippen LogP contribution is -2.36. The third-order valence-electron chi connectivity index (χ3n) is 5.50. The van der Waals surface area contributed by atoms with Gasteiger partial charge in [-0.3, -0.25) is 0 Å². The Hall–Kier alpha value is -3.77. The summed E-state index contributed by atoms with van der Waals surface area (Å²) in [5.74, 6) is 1.83. The second-order valence-corrected chi connectivity index (χ2v) is 8.49. The van der Waals surface area contributed by atoms with Crippen LogP contribution in [0.4, 0.5) is 6.01 Å². The number of anilines is 1. The Labute approximate surface area is 197 Å². The number of morpholine rings is 1. The molecule has 6 rings (SSSR count). The fourth-order valence-electron chi connectivity index (χ4n) is 3.79. The number of furan rings is 1. The zero-order valence-corrected chi connectivity index (χ0v) is 19.3. The number of aromatic nitrogens is 4. The molecule has 0 atom stereocenters. The number of oxazole rings is 1. The van der Waals surface area contributed by atoms with E-state index in [-0.39, 0.29) is 6.61 Å². The molecule has 0 N–H and O–H groups in total. The summed E-state index contributed by atoms with van der Waals surface area (Å²) in [5.41, 5.74) is 2.02. The third-order valence-corrected chi connectivity index (χ3v) is 6.38. The van der Waals surface area contributed by atoms with Gasteiger partial charge in [0.1, 0.15) is 41.3 Å². The molecule has 5 heterocycles. The average Bonchev–Trinajstić information content (AvgIpc) is 3.65. The van der Waals surface area contributed by atoms with Crippen molar-refractivity contribution >= 4 is 33.3 Å². The lowest BCUT2D eigenvalue weighted by Gasteiger charge is -2.24. The van der Waals surface area contributed by atoms with Crippen LogP contribution in [0.25, 0.3) is 27.4 Å². The number of nitrogens with zero attached hydrogens (tertiary/aromatic N) is 5. The highest BCUT2D eigenvalue weighted by Crippen LogP contribution is 2.38. The van der Waals surface area contributed by atoms with Gasteiger partial charge in [-0.1, -0.05) is 0 Å². The van der Waals surface area contributed by atoms with Crippen LogP contribution < -0.4 is 19.1 Å². The SMILES string of the molecule is COc1cc(OCc2coc(N3CCOCC3)n2)c2cc(-c3cnc4sc(OC)nn34)oc2c1. The summed E-state index contributed by atoms with van der Waals surface area (Å²) in [6, 6.07) is 6.12. The molecule has 1 aliphatic rings. The first kappa shape index (κ1) is 20.8. The summed E-state index contributed by atoms with van der Waals surface area (Å²) >= 11 is 1.35. The predicted molar refractivity (Wildman–Crippen MR) is 123 cm³/mol. The Morgan fingerprint density at radius 3 is 2.82 bits per heavy atom. The highest BCUT2D eigenvalue weighted by atomic mass is 32.1. The van der Waals surface area contributed by atoms with Gasteiger partial charge in [0.15, 0.2) is 5.76 Å². The number of fused-ring (bicyclic) bond motifs is 2. The molecule has 5 aromatic rings. The van der Waals surface area contributed by atoms with Gasteiger partial charge in [0.25, 0.3) is 11.2 Å². The van der Waals surface area contributed by atoms with Crippen LogP contribution in [0.1, 0.15) is 5.69 Å². The first-order chi connectivity index (χ1) is 16.7. The number of methoxy groups -OCH3 is 2. The van der Waals surface area contributed by atoms with Gasteiger partial charge in [-0.2, -0.15) is 9.50 Å². The number of hydrogen-bond acceptors (Lipinski definition) is 11. The van der Waals surface area contributed by atoms with Crippen LogP contribution in [0.15, 0.2) is 39.5 Å². The third kappa shape index (κ3) is 3.70. The summed E-state index contributed by atoms with van der Waals surface area (Å²) in [5, 5.41) is 5.73. The maximum Gasteiger partial charge on any atom is 0.297 e. The highest BCUT2D eigenvalue weighted by Gasteiger charge is 2.20. The maximum absolute atomic E-state index is 6.13. The molecule has 0 unspecified atom stereocenters. The standard InChI is InChI=1S/C22H21N5O6S/c1-28-14-7-17(31-11-13-12-32-20(24-13)26-3-5-30-6-4-26)15-9-19(33-18(15)8-14)16-10-23-21-27(16)25-22(29-2)34-21/h7-10,12H,3-6,11H2,1-2H3. The van der Waals surface area contributed by atoms with Gasteiger partial charge in [-0.05, 0) is 17.4 Å². The lowest BCUT2D eigenvalue weighted by molar-refractivity contribution is 0.120. The van der Waals surface area contributed by atoms with Gasteiger partial charge in [-0.15, -0.1) is 5.10 Å². The number of benzene rings is 1. The first-order valence-corrected chi connectivity index (χ1v) is 11.4. The van der Waals surface area contributed by atoms with Crippen molar-refractivity contribution in [3.05, 3.63) is 36.4 Å². The average molecular weight is 484 g/mol. The highest BCUT2D eigenvalue weighted by molar-refractivity contribution is 7.18. The van der Waals surface area contributed by atoms with Crippen molar-refractivity contribution in [2.45, 2.75) is 6.61 Å². The van der Waals surface area contributed by atoms with Crippen LogP contribution in [0.5, 0.6) is 16.7 Å². The molecular weight excluding hydrogens is 462 g/mol. The van der Waals surface area contributed by atoms with Crippen LogP contribution in [0.2, 0.25) is 0 Å². The van der Waals surface area contributed by atoms with Gasteiger partial charge in [0, 0.05) is 25.2 Å². The largest absolute Gasteiger partial charge is 0.496 e. The summed E-state index contributed by atoms with van der Waals surface area (Å²) < 4.78 is 35.7. The molecule has 1 aliphatic heterocycles. The number of ether oxygens (including phenoxy) is 4. The molecule has 4 aromatic heterocycles. The van der Waals surface area contributed by atoms with Crippen molar-refractivity contribution in [1.82, 2.24) is 19.6 Å². The Balaban J connectivity index is 1.29. The molecule has 12 heteroatoms. The Morgan fingerprint density at radius 2 is 2.00 bits per heavy atom. The molecule has 0 radical (unpaired) electrons. The van der Waals surface area contributed by atoms with E-state index in [1.807, 2.05) is 18.2 Å². The van der Waals surface area contributed by atoms with Crippen LogP contribution in [0, 0.1) is 0 Å². The first-order valence-electron chi connectivity index (χ1n) is 10.6. The van der Waals surface area contributed by atoms with E-state index in [1.54, 1.807) is 31.2 Å². The summed E-state index contributed by atoms with van der Waals surface area (Å²) in [6.07, 6.45) is 3.33. The smallest absolute Gasteiger partial charge is 0.297 e. The van der Waals surface area contributed by atoms with Gasteiger partial charge in [0.2, 0.25) is 4.96 Å². The van der Waals surface area contributed by atoms with E-state index in [9.17, 15) is 0 Å². The molecular formula is C22H21N5O6S. The molecule has 11 nitrogen and oxygen atoms in total. The van der Waals surface area contributed by atoms with E-state index in [0.29, 0.717) is 63.6 Å². The van der Waals surface area contributed by atoms with E-state index >= 15 is 0 Å². The number of hydrogen-bond donors (Lipinski definition) is 0. The minimum atomic E-state index is 0.233. The fraction of sp³-hybridized carbons (Fsp3) is 0.318. The Kier molecular flexibility index (Phi) is 5.23. The lowest BCUT2D eigenvalue weighted by atomic mass is 10.2. The van der Waals surface area contributed by atoms with Crippen LogP contribution >= 0.6 is 11.3 Å². The molecule has 0 spiro atoms. The molecule has 0 amide bonds. The summed E-state index contributed by atoms with van der Waals surface area (Å²) in [4.78, 5) is 11.7. The van der Waals surface area contributed by atoms with Gasteiger partial charge in [0.05, 0.1) is 39.0 Å². The van der Waals surface area contributed by atoms with Crippen molar-refractivity contribution < 1.29 is 27.8 Å². The monoisotopic (exact) mass is 483 g/mol. The minimum absolute atomic E-state index is 0.233. The van der Waals surface area contributed by atoms with Crippen LogP contribution in [-0.2, 0) is 11.3 Å². The van der Waals surface area contributed by atoms with Crippen LogP contribution in [0.3, 0.4) is 0 Å². The molecule has 1 aromatic carbocycles. The van der Waals surface area contributed by atoms with E-state index in [2.05, 4.69) is 20.0 Å². The number of imidazole rings is 1. The topological polar surface area (TPSA) is 110 Å². The molecule has 0 saturated carbocycles. The molecule has 0 bridgehead atoms. The molecule has 1 fully saturated rings. The quantitative estimate of drug-likeness (QED) is 0.340. The second kappa shape index (κ2) is 8.54. The second-order valence-electron chi connectivity index (χ2n) is 7.57. The number of rotatable bonds is 7. The minimum Gasteiger partial charge on any atom is -0.496 e. The predicted octanol–water partition coefficient (Wildman–Crippen LogP) is 3.62. The van der Waals surface area contributed by atoms with E-state index in [0.717, 1.165) is 18.5 Å². The van der Waals surface area contributed by atoms with Gasteiger partial charge < -0.3 is 32.7 Å². The van der Waals surface area contributed by atoms with Crippen molar-refractivity contribution in [3.63, 3.8) is 0 Å². The Bertz CT molecular complexity index is 1450. The molecule has 176 valence electrons. The zero-order valence-electron chi connectivity index (χ0n) is 18.5. The van der Waals surface area contributed by atoms with Crippen molar-refractivity contribution in [1.29, 1.82) is 0 Å². The van der Waals surface area contributed by atoms with Crippen molar-refractivity contribution in [2.24, 2.45) is 0 Å². The van der Waals surface area contributed by atoms with Crippen LogP contribution in [-0.4, -0.2) is 60.1 Å². The normalized spacial score (nSPS) is 14.2. The Morgan fingerprint density at radius 1 is 1.12 bits per heavy atom. The van der Waals surface area contributed by atoms with Crippen molar-refractivity contribution in [3.8, 4) is 28.1 Å². The van der Waals surface area contributed by atoms with E-state index in [4.69, 9.17) is 27.8 Å². The molecule has 1 saturated heterocycles. The van der Waals surface area contributed by atoms with E-state index in [1.165, 1.54) is 11.3 Å².